The molecule has 1 amide bonds. The molecule has 0 radical (unpaired) electrons. The first kappa shape index (κ1) is 18.4. The highest BCUT2D eigenvalue weighted by molar-refractivity contribution is 5.95. The molecule has 140 valence electrons. The summed E-state index contributed by atoms with van der Waals surface area (Å²) in [5.41, 5.74) is 2.70. The number of carbonyl (C=O) groups excluding carboxylic acids is 1. The Balaban J connectivity index is 1.81. The molecular weight excluding hydrogens is 346 g/mol. The van der Waals surface area contributed by atoms with E-state index in [1.165, 1.54) is 18.7 Å². The molecule has 1 atom stereocenters. The van der Waals surface area contributed by atoms with Crippen molar-refractivity contribution in [2.75, 3.05) is 12.4 Å². The zero-order chi connectivity index (χ0) is 19.2. The van der Waals surface area contributed by atoms with Crippen LogP contribution in [0.25, 0.3) is 0 Å². The number of anilines is 1. The predicted octanol–water partition coefficient (Wildman–Crippen LogP) is 2.44. The van der Waals surface area contributed by atoms with Crippen molar-refractivity contribution >= 4 is 11.6 Å². The smallest absolute Gasteiger partial charge is 0.235 e. The van der Waals surface area contributed by atoms with E-state index in [0.29, 0.717) is 23.7 Å². The number of amides is 1. The van der Waals surface area contributed by atoms with Gasteiger partial charge in [-0.25, -0.2) is 0 Å². The molecule has 0 aliphatic rings. The number of benzene rings is 2. The van der Waals surface area contributed by atoms with Gasteiger partial charge in [0.25, 0.3) is 0 Å². The van der Waals surface area contributed by atoms with Crippen LogP contribution in [0.4, 0.5) is 5.69 Å². The van der Waals surface area contributed by atoms with E-state index in [4.69, 9.17) is 4.74 Å². The van der Waals surface area contributed by atoms with Gasteiger partial charge < -0.3 is 15.2 Å². The first-order valence-corrected chi connectivity index (χ1v) is 8.59. The van der Waals surface area contributed by atoms with Crippen LogP contribution in [0.15, 0.2) is 42.5 Å². The number of aromatic amines is 1. The number of phenolic OH excluding ortho intramolecular Hbond substituents is 1. The third kappa shape index (κ3) is 4.41. The number of carbonyl (C=O) groups is 1. The largest absolute Gasteiger partial charge is 0.504 e. The highest BCUT2D eigenvalue weighted by Crippen LogP contribution is 2.29. The minimum Gasteiger partial charge on any atom is -0.504 e. The van der Waals surface area contributed by atoms with E-state index >= 15 is 0 Å². The molecule has 0 fully saturated rings. The highest BCUT2D eigenvalue weighted by Gasteiger charge is 2.26. The molecule has 0 aliphatic carbocycles. The molecule has 0 saturated heterocycles. The minimum absolute atomic E-state index is 0.0397. The fourth-order valence-corrected chi connectivity index (χ4v) is 2.76. The highest BCUT2D eigenvalue weighted by atomic mass is 16.5. The van der Waals surface area contributed by atoms with Crippen molar-refractivity contribution < 1.29 is 14.6 Å². The van der Waals surface area contributed by atoms with Gasteiger partial charge in [0.2, 0.25) is 5.91 Å². The van der Waals surface area contributed by atoms with Crippen molar-refractivity contribution in [1.82, 2.24) is 20.6 Å². The minimum atomic E-state index is -0.649. The molecule has 1 heterocycles. The Hall–Kier alpha value is -3.42. The van der Waals surface area contributed by atoms with Crippen LogP contribution in [0.3, 0.4) is 0 Å². The number of H-pyrrole nitrogens is 1. The number of nitrogens with zero attached hydrogens (tertiary/aromatic N) is 3. The van der Waals surface area contributed by atoms with Gasteiger partial charge >= 0.3 is 0 Å². The summed E-state index contributed by atoms with van der Waals surface area (Å²) in [4.78, 5) is 12.9. The molecule has 8 heteroatoms. The number of rotatable bonds is 7. The van der Waals surface area contributed by atoms with Crippen LogP contribution in [0.1, 0.15) is 29.8 Å². The third-order valence-corrected chi connectivity index (χ3v) is 4.30. The Morgan fingerprint density at radius 2 is 1.96 bits per heavy atom. The van der Waals surface area contributed by atoms with Gasteiger partial charge in [0.1, 0.15) is 5.92 Å². The van der Waals surface area contributed by atoms with Crippen molar-refractivity contribution in [3.05, 3.63) is 59.4 Å². The van der Waals surface area contributed by atoms with Crippen LogP contribution in [0.5, 0.6) is 11.5 Å². The molecule has 0 saturated carbocycles. The Labute approximate surface area is 156 Å². The number of methoxy groups -OCH3 is 1. The van der Waals surface area contributed by atoms with Gasteiger partial charge in [0.15, 0.2) is 17.3 Å². The Bertz CT molecular complexity index is 894. The summed E-state index contributed by atoms with van der Waals surface area (Å²) in [7, 11) is 1.47. The number of tetrazole rings is 1. The number of aromatic hydroxyl groups is 1. The molecule has 8 nitrogen and oxygen atoms in total. The van der Waals surface area contributed by atoms with Crippen LogP contribution >= 0.6 is 0 Å². The van der Waals surface area contributed by atoms with Crippen molar-refractivity contribution in [2.45, 2.75) is 25.7 Å². The standard InChI is InChI=1S/C19H21N5O3/c1-3-12-4-7-14(8-5-12)20-19(26)15(18-21-23-24-22-18)10-13-6-9-16(25)17(11-13)27-2/h4-9,11,15,25H,3,10H2,1-2H3,(H,20,26)(H,21,22,23,24)/t15-/m0/s1. The lowest BCUT2D eigenvalue weighted by molar-refractivity contribution is -0.117. The van der Waals surface area contributed by atoms with Gasteiger partial charge in [0.05, 0.1) is 7.11 Å². The van der Waals surface area contributed by atoms with Crippen LogP contribution < -0.4 is 10.1 Å². The van der Waals surface area contributed by atoms with Crippen LogP contribution in [0.2, 0.25) is 0 Å². The number of nitrogens with one attached hydrogen (secondary N) is 2. The van der Waals surface area contributed by atoms with Gasteiger partial charge in [-0.05, 0) is 48.2 Å². The van der Waals surface area contributed by atoms with Gasteiger partial charge in [-0.1, -0.05) is 30.3 Å². The van der Waals surface area contributed by atoms with Crippen LogP contribution in [0, 0.1) is 0 Å². The number of aromatic nitrogens is 4. The number of phenols is 1. The summed E-state index contributed by atoms with van der Waals surface area (Å²) in [5, 5.41) is 26.6. The van der Waals surface area contributed by atoms with Crippen molar-refractivity contribution in [3.63, 3.8) is 0 Å². The van der Waals surface area contributed by atoms with E-state index in [-0.39, 0.29) is 11.7 Å². The molecule has 3 aromatic rings. The molecule has 0 unspecified atom stereocenters. The summed E-state index contributed by atoms with van der Waals surface area (Å²) in [6.45, 7) is 2.08. The maximum Gasteiger partial charge on any atom is 0.235 e. The number of ether oxygens (including phenoxy) is 1. The Morgan fingerprint density at radius 3 is 2.59 bits per heavy atom. The quantitative estimate of drug-likeness (QED) is 0.591. The molecule has 3 rings (SSSR count). The summed E-state index contributed by atoms with van der Waals surface area (Å²) in [6, 6.07) is 12.6. The van der Waals surface area contributed by atoms with Gasteiger partial charge in [-0.2, -0.15) is 5.21 Å². The van der Waals surface area contributed by atoms with Gasteiger partial charge in [0, 0.05) is 5.69 Å². The zero-order valence-corrected chi connectivity index (χ0v) is 15.1. The summed E-state index contributed by atoms with van der Waals surface area (Å²) < 4.78 is 5.14. The molecule has 0 bridgehead atoms. The van der Waals surface area contributed by atoms with Gasteiger partial charge in [-0.3, -0.25) is 4.79 Å². The maximum absolute atomic E-state index is 12.9. The second kappa shape index (κ2) is 8.31. The normalized spacial score (nSPS) is 11.8. The van der Waals surface area contributed by atoms with Crippen molar-refractivity contribution in [2.24, 2.45) is 0 Å². The SMILES string of the molecule is CCc1ccc(NC(=O)[C@@H](Cc2ccc(O)c(OC)c2)c2nn[nH]n2)cc1. The molecule has 0 aliphatic heterocycles. The van der Waals surface area contributed by atoms with E-state index in [1.54, 1.807) is 12.1 Å². The van der Waals surface area contributed by atoms with E-state index in [2.05, 4.69) is 32.9 Å². The van der Waals surface area contributed by atoms with E-state index < -0.39 is 5.92 Å². The Morgan fingerprint density at radius 1 is 1.22 bits per heavy atom. The number of aryl methyl sites for hydroxylation is 1. The second-order valence-electron chi connectivity index (χ2n) is 6.07. The number of hydrogen-bond donors (Lipinski definition) is 3. The lowest BCUT2D eigenvalue weighted by atomic mass is 9.97. The molecule has 3 N–H and O–H groups in total. The second-order valence-corrected chi connectivity index (χ2v) is 6.07. The van der Waals surface area contributed by atoms with E-state index in [9.17, 15) is 9.90 Å². The number of hydrogen-bond acceptors (Lipinski definition) is 6. The topological polar surface area (TPSA) is 113 Å². The summed E-state index contributed by atoms with van der Waals surface area (Å²) in [5.74, 6) is -0.214. The lowest BCUT2D eigenvalue weighted by Crippen LogP contribution is -2.24. The average Bonchev–Trinajstić information content (AvgIpc) is 3.22. The molecule has 27 heavy (non-hydrogen) atoms. The van der Waals surface area contributed by atoms with Crippen LogP contribution in [-0.2, 0) is 17.6 Å². The lowest BCUT2D eigenvalue weighted by Gasteiger charge is -2.15. The molecule has 1 aromatic heterocycles. The zero-order valence-electron chi connectivity index (χ0n) is 15.1. The first-order chi connectivity index (χ1) is 13.1. The monoisotopic (exact) mass is 367 g/mol. The molecule has 0 spiro atoms. The fraction of sp³-hybridized carbons (Fsp3) is 0.263. The summed E-state index contributed by atoms with van der Waals surface area (Å²) in [6.07, 6.45) is 1.26. The van der Waals surface area contributed by atoms with Gasteiger partial charge in [-0.15, -0.1) is 10.2 Å². The average molecular weight is 367 g/mol. The Kier molecular flexibility index (Phi) is 5.65. The first-order valence-electron chi connectivity index (χ1n) is 8.59. The van der Waals surface area contributed by atoms with Crippen LogP contribution in [-0.4, -0.2) is 38.7 Å². The third-order valence-electron chi connectivity index (χ3n) is 4.30. The van der Waals surface area contributed by atoms with Crippen molar-refractivity contribution in [3.8, 4) is 11.5 Å². The summed E-state index contributed by atoms with van der Waals surface area (Å²) >= 11 is 0. The van der Waals surface area contributed by atoms with E-state index in [0.717, 1.165) is 12.0 Å². The van der Waals surface area contributed by atoms with E-state index in [1.807, 2.05) is 24.3 Å². The maximum atomic E-state index is 12.9. The molecule has 2 aromatic carbocycles. The predicted molar refractivity (Wildman–Crippen MR) is 99.7 cm³/mol. The fourth-order valence-electron chi connectivity index (χ4n) is 2.76. The van der Waals surface area contributed by atoms with Crippen molar-refractivity contribution in [1.29, 1.82) is 0 Å². The molecular formula is C19H21N5O3.